The lowest BCUT2D eigenvalue weighted by atomic mass is 10.0. The highest BCUT2D eigenvalue weighted by Gasteiger charge is 2.23. The molecule has 0 spiro atoms. The predicted molar refractivity (Wildman–Crippen MR) is 155 cm³/mol. The van der Waals surface area contributed by atoms with Crippen LogP contribution in [-0.4, -0.2) is 18.7 Å². The first-order valence-electron chi connectivity index (χ1n) is 15.6. The second kappa shape index (κ2) is 22.7. The third-order valence-corrected chi connectivity index (χ3v) is 7.36. The van der Waals surface area contributed by atoms with Crippen LogP contribution < -0.4 is 4.74 Å². The van der Waals surface area contributed by atoms with E-state index in [0.717, 1.165) is 44.3 Å². The third kappa shape index (κ3) is 16.3. The van der Waals surface area contributed by atoms with Gasteiger partial charge in [-0.2, -0.15) is 0 Å². The van der Waals surface area contributed by atoms with Crippen molar-refractivity contribution in [3.63, 3.8) is 0 Å². The Morgan fingerprint density at radius 1 is 0.667 bits per heavy atom. The molecule has 208 valence electrons. The predicted octanol–water partition coefficient (Wildman–Crippen LogP) is 10.2. The summed E-state index contributed by atoms with van der Waals surface area (Å²) < 4.78 is 12.0. The molecule has 0 bridgehead atoms. The molecule has 0 amide bonds. The molecule has 0 heterocycles. The van der Waals surface area contributed by atoms with E-state index in [9.17, 15) is 4.79 Å². The first kappa shape index (κ1) is 32.5. The summed E-state index contributed by atoms with van der Waals surface area (Å²) in [7, 11) is 0. The zero-order valence-electron chi connectivity index (χ0n) is 24.3. The summed E-state index contributed by atoms with van der Waals surface area (Å²) in [5.74, 6) is 1.04. The Kier molecular flexibility index (Phi) is 20.5. The van der Waals surface area contributed by atoms with Crippen LogP contribution in [0.5, 0.6) is 5.75 Å². The van der Waals surface area contributed by atoms with Gasteiger partial charge < -0.3 is 9.47 Å². The van der Waals surface area contributed by atoms with Gasteiger partial charge in [-0.05, 0) is 55.7 Å². The van der Waals surface area contributed by atoms with E-state index in [1.54, 1.807) is 0 Å². The van der Waals surface area contributed by atoms with Crippen molar-refractivity contribution in [3.8, 4) is 5.75 Å². The number of hydrogen-bond donors (Lipinski definition) is 0. The lowest BCUT2D eigenvalue weighted by molar-refractivity contribution is -0.153. The molecular weight excluding hydrogens is 444 g/mol. The van der Waals surface area contributed by atoms with Crippen LogP contribution in [0.15, 0.2) is 24.3 Å². The molecule has 0 aliphatic rings. The maximum absolute atomic E-state index is 13.0. The van der Waals surface area contributed by atoms with Crippen molar-refractivity contribution in [2.45, 2.75) is 156 Å². The topological polar surface area (TPSA) is 35.5 Å². The van der Waals surface area contributed by atoms with Crippen molar-refractivity contribution in [2.75, 3.05) is 6.61 Å². The number of aryl methyl sites for hydroxylation is 1. The number of carbonyl (C=O) groups is 1. The second-order valence-corrected chi connectivity index (χ2v) is 10.7. The number of hydrogen-bond acceptors (Lipinski definition) is 3. The van der Waals surface area contributed by atoms with Crippen LogP contribution in [0, 0.1) is 5.92 Å². The molecule has 3 heteroatoms. The van der Waals surface area contributed by atoms with Crippen molar-refractivity contribution >= 4 is 5.97 Å². The summed E-state index contributed by atoms with van der Waals surface area (Å²) in [4.78, 5) is 13.0. The maximum Gasteiger partial charge on any atom is 0.347 e. The summed E-state index contributed by atoms with van der Waals surface area (Å²) in [6, 6.07) is 8.34. The van der Waals surface area contributed by atoms with Gasteiger partial charge in [0.1, 0.15) is 5.75 Å². The number of carbonyl (C=O) groups excluding carboxylic acids is 1. The average molecular weight is 503 g/mol. The van der Waals surface area contributed by atoms with Crippen molar-refractivity contribution < 1.29 is 14.3 Å². The molecule has 0 N–H and O–H groups in total. The molecule has 0 radical (unpaired) electrons. The Balaban J connectivity index is 2.53. The van der Waals surface area contributed by atoms with Crippen LogP contribution >= 0.6 is 0 Å². The first-order chi connectivity index (χ1) is 17.6. The zero-order valence-corrected chi connectivity index (χ0v) is 24.3. The molecule has 0 saturated heterocycles. The van der Waals surface area contributed by atoms with E-state index >= 15 is 0 Å². The van der Waals surface area contributed by atoms with E-state index in [-0.39, 0.29) is 5.97 Å². The molecule has 1 aromatic carbocycles. The monoisotopic (exact) mass is 502 g/mol. The summed E-state index contributed by atoms with van der Waals surface area (Å²) in [6.07, 6.45) is 22.5. The van der Waals surface area contributed by atoms with Gasteiger partial charge in [0.25, 0.3) is 0 Å². The Bertz CT molecular complexity index is 624. The lowest BCUT2D eigenvalue weighted by Gasteiger charge is -2.20. The summed E-state index contributed by atoms with van der Waals surface area (Å²) in [6.45, 7) is 9.42. The molecular formula is C33H58O3. The van der Waals surface area contributed by atoms with Crippen molar-refractivity contribution in [1.82, 2.24) is 0 Å². The Morgan fingerprint density at radius 2 is 1.22 bits per heavy atom. The number of benzene rings is 1. The van der Waals surface area contributed by atoms with Gasteiger partial charge in [0, 0.05) is 0 Å². The molecule has 0 fully saturated rings. The molecule has 1 aromatic rings. The Morgan fingerprint density at radius 3 is 1.81 bits per heavy atom. The second-order valence-electron chi connectivity index (χ2n) is 10.7. The molecule has 36 heavy (non-hydrogen) atoms. The summed E-state index contributed by atoms with van der Waals surface area (Å²) in [5, 5.41) is 0. The molecule has 1 rings (SSSR count). The van der Waals surface area contributed by atoms with Crippen LogP contribution in [0.2, 0.25) is 0 Å². The van der Waals surface area contributed by atoms with Gasteiger partial charge in [-0.15, -0.1) is 0 Å². The van der Waals surface area contributed by atoms with Gasteiger partial charge in [-0.1, -0.05) is 130 Å². The minimum absolute atomic E-state index is 0.187. The Hall–Kier alpha value is -1.51. The minimum atomic E-state index is -0.506. The smallest absolute Gasteiger partial charge is 0.347 e. The fourth-order valence-electron chi connectivity index (χ4n) is 4.71. The van der Waals surface area contributed by atoms with Gasteiger partial charge in [0.15, 0.2) is 6.10 Å². The van der Waals surface area contributed by atoms with E-state index in [1.807, 2.05) is 12.1 Å². The van der Waals surface area contributed by atoms with Gasteiger partial charge in [0.05, 0.1) is 6.61 Å². The molecule has 2 unspecified atom stereocenters. The van der Waals surface area contributed by atoms with Crippen LogP contribution in [0.4, 0.5) is 0 Å². The highest BCUT2D eigenvalue weighted by molar-refractivity contribution is 5.75. The largest absolute Gasteiger partial charge is 0.479 e. The maximum atomic E-state index is 13.0. The quantitative estimate of drug-likeness (QED) is 0.104. The molecule has 2 atom stereocenters. The van der Waals surface area contributed by atoms with Gasteiger partial charge >= 0.3 is 5.97 Å². The SMILES string of the molecule is CCCCCCCCCCCCC(Oc1ccc(CCCCC)cc1)C(=O)OCC(CC)CCCC. The average Bonchev–Trinajstić information content (AvgIpc) is 2.90. The molecule has 0 aliphatic carbocycles. The zero-order chi connectivity index (χ0) is 26.3. The van der Waals surface area contributed by atoms with E-state index in [4.69, 9.17) is 9.47 Å². The van der Waals surface area contributed by atoms with Crippen LogP contribution in [0.3, 0.4) is 0 Å². The number of unbranched alkanes of at least 4 members (excludes halogenated alkanes) is 12. The van der Waals surface area contributed by atoms with Gasteiger partial charge in [-0.25, -0.2) is 4.79 Å². The van der Waals surface area contributed by atoms with Gasteiger partial charge in [-0.3, -0.25) is 0 Å². The third-order valence-electron chi connectivity index (χ3n) is 7.36. The van der Waals surface area contributed by atoms with Crippen molar-refractivity contribution in [1.29, 1.82) is 0 Å². The van der Waals surface area contributed by atoms with E-state index in [0.29, 0.717) is 12.5 Å². The number of ether oxygens (including phenoxy) is 2. The highest BCUT2D eigenvalue weighted by Crippen LogP contribution is 2.20. The van der Waals surface area contributed by atoms with Crippen molar-refractivity contribution in [3.05, 3.63) is 29.8 Å². The fourth-order valence-corrected chi connectivity index (χ4v) is 4.71. The molecule has 0 aliphatic heterocycles. The van der Waals surface area contributed by atoms with E-state index in [2.05, 4.69) is 39.8 Å². The van der Waals surface area contributed by atoms with Crippen LogP contribution in [-0.2, 0) is 16.0 Å². The first-order valence-corrected chi connectivity index (χ1v) is 15.6. The lowest BCUT2D eigenvalue weighted by Crippen LogP contribution is -2.31. The number of esters is 1. The summed E-state index contributed by atoms with van der Waals surface area (Å²) >= 11 is 0. The van der Waals surface area contributed by atoms with E-state index in [1.165, 1.54) is 89.0 Å². The van der Waals surface area contributed by atoms with Crippen LogP contribution in [0.25, 0.3) is 0 Å². The molecule has 0 aromatic heterocycles. The molecule has 3 nitrogen and oxygen atoms in total. The number of rotatable bonds is 24. The van der Waals surface area contributed by atoms with E-state index < -0.39 is 6.10 Å². The Labute approximate surface area is 224 Å². The normalized spacial score (nSPS) is 12.9. The minimum Gasteiger partial charge on any atom is -0.479 e. The van der Waals surface area contributed by atoms with Gasteiger partial charge in [0.2, 0.25) is 0 Å². The summed E-state index contributed by atoms with van der Waals surface area (Å²) in [5.41, 5.74) is 1.34. The standard InChI is InChI=1S/C33H58O3/c1-5-9-12-13-14-15-16-17-18-20-23-32(33(34)35-28-29(8-4)21-11-7-3)36-31-26-24-30(25-27-31)22-19-10-6-2/h24-27,29,32H,5-23,28H2,1-4H3. The fraction of sp³-hybridized carbons (Fsp3) is 0.788. The van der Waals surface area contributed by atoms with Crippen molar-refractivity contribution in [2.24, 2.45) is 5.92 Å². The van der Waals surface area contributed by atoms with Crippen LogP contribution in [0.1, 0.15) is 149 Å². The highest BCUT2D eigenvalue weighted by atomic mass is 16.6. The molecule has 0 saturated carbocycles.